The Morgan fingerprint density at radius 1 is 1.29 bits per heavy atom. The van der Waals surface area contributed by atoms with Gasteiger partial charge in [-0.25, -0.2) is 9.78 Å². The highest BCUT2D eigenvalue weighted by Gasteiger charge is 2.20. The SMILES string of the molecule is CCCc1ccc(Nc2nc(C(=O)O)c(C(C)=O)s2)cc1. The summed E-state index contributed by atoms with van der Waals surface area (Å²) in [5.74, 6) is -1.49. The zero-order chi connectivity index (χ0) is 15.4. The molecule has 0 spiro atoms. The third kappa shape index (κ3) is 3.66. The van der Waals surface area contributed by atoms with Crippen molar-refractivity contribution in [3.05, 3.63) is 40.4 Å². The molecule has 1 aromatic carbocycles. The van der Waals surface area contributed by atoms with Gasteiger partial charge in [-0.3, -0.25) is 4.79 Å². The molecule has 0 atom stereocenters. The zero-order valence-corrected chi connectivity index (χ0v) is 12.7. The molecule has 0 amide bonds. The first-order valence-electron chi connectivity index (χ1n) is 6.62. The van der Waals surface area contributed by atoms with Gasteiger partial charge in [0.2, 0.25) is 0 Å². The van der Waals surface area contributed by atoms with E-state index in [9.17, 15) is 9.59 Å². The molecule has 110 valence electrons. The molecule has 1 heterocycles. The summed E-state index contributed by atoms with van der Waals surface area (Å²) in [4.78, 5) is 26.6. The van der Waals surface area contributed by atoms with Gasteiger partial charge in [-0.1, -0.05) is 36.8 Å². The summed E-state index contributed by atoms with van der Waals surface area (Å²) in [6.07, 6.45) is 2.11. The number of ketones is 1. The van der Waals surface area contributed by atoms with Crippen LogP contribution in [0, 0.1) is 0 Å². The van der Waals surface area contributed by atoms with Crippen molar-refractivity contribution in [2.75, 3.05) is 5.32 Å². The van der Waals surface area contributed by atoms with E-state index in [1.807, 2.05) is 24.3 Å². The van der Waals surface area contributed by atoms with Gasteiger partial charge in [0.25, 0.3) is 0 Å². The fourth-order valence-electron chi connectivity index (χ4n) is 1.92. The normalized spacial score (nSPS) is 10.4. The molecular formula is C15H16N2O3S. The topological polar surface area (TPSA) is 79.3 Å². The quantitative estimate of drug-likeness (QED) is 0.795. The van der Waals surface area contributed by atoms with Crippen molar-refractivity contribution < 1.29 is 14.7 Å². The van der Waals surface area contributed by atoms with Crippen molar-refractivity contribution in [3.8, 4) is 0 Å². The van der Waals surface area contributed by atoms with Crippen LogP contribution < -0.4 is 5.32 Å². The second-order valence-corrected chi connectivity index (χ2v) is 5.63. The molecule has 0 radical (unpaired) electrons. The molecule has 1 aromatic heterocycles. The number of nitrogens with one attached hydrogen (secondary N) is 1. The monoisotopic (exact) mass is 304 g/mol. The van der Waals surface area contributed by atoms with E-state index < -0.39 is 5.97 Å². The molecular weight excluding hydrogens is 288 g/mol. The predicted octanol–water partition coefficient (Wildman–Crippen LogP) is 3.74. The first-order valence-corrected chi connectivity index (χ1v) is 7.44. The standard InChI is InChI=1S/C15H16N2O3S/c1-3-4-10-5-7-11(8-6-10)16-15-17-12(14(19)20)13(21-15)9(2)18/h5-8H,3-4H2,1-2H3,(H,16,17)(H,19,20). The highest BCUT2D eigenvalue weighted by Crippen LogP contribution is 2.26. The minimum Gasteiger partial charge on any atom is -0.476 e. The second kappa shape index (κ2) is 6.49. The molecule has 5 nitrogen and oxygen atoms in total. The number of carbonyl (C=O) groups is 2. The van der Waals surface area contributed by atoms with Crippen LogP contribution in [0.2, 0.25) is 0 Å². The summed E-state index contributed by atoms with van der Waals surface area (Å²) in [7, 11) is 0. The fourth-order valence-corrected chi connectivity index (χ4v) is 2.80. The number of nitrogens with zero attached hydrogens (tertiary/aromatic N) is 1. The van der Waals surface area contributed by atoms with Crippen LogP contribution in [-0.4, -0.2) is 21.8 Å². The first-order chi connectivity index (χ1) is 10.0. The minimum absolute atomic E-state index is 0.160. The molecule has 0 aliphatic rings. The lowest BCUT2D eigenvalue weighted by atomic mass is 10.1. The van der Waals surface area contributed by atoms with Gasteiger partial charge >= 0.3 is 5.97 Å². The van der Waals surface area contributed by atoms with Gasteiger partial charge in [-0.2, -0.15) is 0 Å². The summed E-state index contributed by atoms with van der Waals surface area (Å²) in [6.45, 7) is 3.46. The van der Waals surface area contributed by atoms with Crippen molar-refractivity contribution in [2.45, 2.75) is 26.7 Å². The number of rotatable bonds is 6. The molecule has 0 bridgehead atoms. The number of hydrogen-bond acceptors (Lipinski definition) is 5. The van der Waals surface area contributed by atoms with Crippen LogP contribution in [0.3, 0.4) is 0 Å². The number of aromatic carboxylic acids is 1. The van der Waals surface area contributed by atoms with Gasteiger partial charge < -0.3 is 10.4 Å². The van der Waals surface area contributed by atoms with Gasteiger partial charge in [-0.05, 0) is 24.1 Å². The molecule has 0 aliphatic heterocycles. The van der Waals surface area contributed by atoms with Crippen molar-refractivity contribution in [1.29, 1.82) is 0 Å². The lowest BCUT2D eigenvalue weighted by Crippen LogP contribution is -2.03. The largest absolute Gasteiger partial charge is 0.476 e. The molecule has 21 heavy (non-hydrogen) atoms. The van der Waals surface area contributed by atoms with Crippen LogP contribution in [0.1, 0.15) is 46.0 Å². The maximum atomic E-state index is 11.4. The third-order valence-corrected chi connectivity index (χ3v) is 3.97. The zero-order valence-electron chi connectivity index (χ0n) is 11.8. The fraction of sp³-hybridized carbons (Fsp3) is 0.267. The van der Waals surface area contributed by atoms with Crippen molar-refractivity contribution in [3.63, 3.8) is 0 Å². The average molecular weight is 304 g/mol. The summed E-state index contributed by atoms with van der Waals surface area (Å²) in [6, 6.07) is 7.87. The van der Waals surface area contributed by atoms with Crippen LogP contribution >= 0.6 is 11.3 Å². The van der Waals surface area contributed by atoms with Gasteiger partial charge in [-0.15, -0.1) is 0 Å². The van der Waals surface area contributed by atoms with Gasteiger partial charge in [0.05, 0.1) is 0 Å². The van der Waals surface area contributed by atoms with E-state index in [0.29, 0.717) is 5.13 Å². The Labute approximate surface area is 126 Å². The van der Waals surface area contributed by atoms with E-state index in [-0.39, 0.29) is 16.4 Å². The number of hydrogen-bond donors (Lipinski definition) is 2. The van der Waals surface area contributed by atoms with Gasteiger partial charge in [0.15, 0.2) is 16.6 Å². The van der Waals surface area contributed by atoms with Crippen LogP contribution in [0.15, 0.2) is 24.3 Å². The molecule has 0 unspecified atom stereocenters. The molecule has 2 N–H and O–H groups in total. The Bertz CT molecular complexity index is 631. The number of carboxylic acids is 1. The number of aromatic nitrogens is 1. The Morgan fingerprint density at radius 3 is 2.43 bits per heavy atom. The first kappa shape index (κ1) is 15.2. The molecule has 2 rings (SSSR count). The Balaban J connectivity index is 2.21. The van der Waals surface area contributed by atoms with E-state index in [4.69, 9.17) is 5.11 Å². The Hall–Kier alpha value is -2.21. The van der Waals surface area contributed by atoms with E-state index in [0.717, 1.165) is 29.9 Å². The highest BCUT2D eigenvalue weighted by atomic mass is 32.1. The van der Waals surface area contributed by atoms with E-state index >= 15 is 0 Å². The molecule has 0 saturated heterocycles. The minimum atomic E-state index is -1.19. The number of benzene rings is 1. The smallest absolute Gasteiger partial charge is 0.356 e. The lowest BCUT2D eigenvalue weighted by molar-refractivity contribution is 0.0687. The van der Waals surface area contributed by atoms with Crippen LogP contribution in [0.5, 0.6) is 0 Å². The summed E-state index contributed by atoms with van der Waals surface area (Å²) >= 11 is 1.05. The maximum absolute atomic E-state index is 11.4. The lowest BCUT2D eigenvalue weighted by Gasteiger charge is -2.03. The van der Waals surface area contributed by atoms with E-state index in [2.05, 4.69) is 17.2 Å². The average Bonchev–Trinajstić information content (AvgIpc) is 2.86. The van der Waals surface area contributed by atoms with Crippen molar-refractivity contribution in [2.24, 2.45) is 0 Å². The van der Waals surface area contributed by atoms with Gasteiger partial charge in [0, 0.05) is 12.6 Å². The number of carbonyl (C=O) groups excluding carboxylic acids is 1. The van der Waals surface area contributed by atoms with Crippen LogP contribution in [0.4, 0.5) is 10.8 Å². The molecule has 2 aromatic rings. The maximum Gasteiger partial charge on any atom is 0.356 e. The Kier molecular flexibility index (Phi) is 4.70. The second-order valence-electron chi connectivity index (χ2n) is 4.63. The molecule has 0 fully saturated rings. The number of carboxylic acid groups (broad SMARTS) is 1. The predicted molar refractivity (Wildman–Crippen MR) is 82.8 cm³/mol. The number of anilines is 2. The molecule has 0 saturated carbocycles. The van der Waals surface area contributed by atoms with Gasteiger partial charge in [0.1, 0.15) is 4.88 Å². The molecule has 0 aliphatic carbocycles. The Morgan fingerprint density at radius 2 is 1.95 bits per heavy atom. The summed E-state index contributed by atoms with van der Waals surface area (Å²) in [5.41, 5.74) is 1.87. The van der Waals surface area contributed by atoms with Crippen molar-refractivity contribution in [1.82, 2.24) is 4.98 Å². The van der Waals surface area contributed by atoms with E-state index in [1.54, 1.807) is 0 Å². The van der Waals surface area contributed by atoms with E-state index in [1.165, 1.54) is 12.5 Å². The third-order valence-electron chi connectivity index (χ3n) is 2.89. The molecule has 6 heteroatoms. The van der Waals surface area contributed by atoms with Crippen LogP contribution in [-0.2, 0) is 6.42 Å². The van der Waals surface area contributed by atoms with Crippen molar-refractivity contribution >= 4 is 33.9 Å². The number of thiazole rings is 1. The summed E-state index contributed by atoms with van der Waals surface area (Å²) < 4.78 is 0. The highest BCUT2D eigenvalue weighted by molar-refractivity contribution is 7.17. The number of Topliss-reactive ketones (excluding diaryl/α,β-unsaturated/α-hetero) is 1. The summed E-state index contributed by atoms with van der Waals surface area (Å²) in [5, 5.41) is 12.5. The van der Waals surface area contributed by atoms with Crippen LogP contribution in [0.25, 0.3) is 0 Å². The number of aryl methyl sites for hydroxylation is 1.